The summed E-state index contributed by atoms with van der Waals surface area (Å²) >= 11 is 1.54. The monoisotopic (exact) mass is 279 g/mol. The van der Waals surface area contributed by atoms with Crippen LogP contribution in [0.3, 0.4) is 0 Å². The van der Waals surface area contributed by atoms with Gasteiger partial charge in [0.25, 0.3) is 0 Å². The Balaban J connectivity index is 2.16. The van der Waals surface area contributed by atoms with Crippen LogP contribution in [-0.2, 0) is 17.8 Å². The zero-order valence-corrected chi connectivity index (χ0v) is 10.2. The number of aliphatic carboxylic acids is 1. The van der Waals surface area contributed by atoms with Crippen LogP contribution in [-0.4, -0.2) is 34.7 Å². The lowest BCUT2D eigenvalue weighted by Gasteiger charge is -2.34. The van der Waals surface area contributed by atoms with Gasteiger partial charge >= 0.3 is 12.1 Å². The molecule has 1 aliphatic rings. The van der Waals surface area contributed by atoms with Gasteiger partial charge in [-0.3, -0.25) is 9.69 Å². The first kappa shape index (κ1) is 13.4. The summed E-state index contributed by atoms with van der Waals surface area (Å²) in [4.78, 5) is 12.9. The molecule has 0 radical (unpaired) electrons. The third kappa shape index (κ3) is 2.84. The van der Waals surface area contributed by atoms with Crippen LogP contribution in [0, 0.1) is 0 Å². The first-order valence-electron chi connectivity index (χ1n) is 5.45. The number of hydrogen-bond donors (Lipinski definition) is 1. The molecule has 7 heteroatoms. The molecule has 1 aromatic heterocycles. The minimum atomic E-state index is -4.51. The van der Waals surface area contributed by atoms with Crippen LogP contribution in [0.15, 0.2) is 11.4 Å². The standard InChI is InChI=1S/C11H12F3NO2S/c12-11(13,14)9(5-10(16)17)15-3-1-8-7(6-15)2-4-18-8/h2,4,9H,1,3,5-6H2,(H,16,17). The van der Waals surface area contributed by atoms with E-state index >= 15 is 0 Å². The topological polar surface area (TPSA) is 40.5 Å². The summed E-state index contributed by atoms with van der Waals surface area (Å²) < 4.78 is 38.6. The zero-order valence-electron chi connectivity index (χ0n) is 9.41. The van der Waals surface area contributed by atoms with Crippen LogP contribution < -0.4 is 0 Å². The number of carboxylic acids is 1. The molecule has 18 heavy (non-hydrogen) atoms. The van der Waals surface area contributed by atoms with E-state index in [0.29, 0.717) is 6.42 Å². The molecule has 1 aromatic rings. The van der Waals surface area contributed by atoms with E-state index in [-0.39, 0.29) is 13.1 Å². The van der Waals surface area contributed by atoms with E-state index in [1.807, 2.05) is 5.38 Å². The second-order valence-corrected chi connectivity index (χ2v) is 5.25. The van der Waals surface area contributed by atoms with Crippen molar-refractivity contribution in [3.05, 3.63) is 21.9 Å². The summed E-state index contributed by atoms with van der Waals surface area (Å²) in [6.45, 7) is 0.432. The van der Waals surface area contributed by atoms with Crippen LogP contribution >= 0.6 is 11.3 Å². The summed E-state index contributed by atoms with van der Waals surface area (Å²) in [6.07, 6.45) is -4.85. The zero-order chi connectivity index (χ0) is 13.3. The van der Waals surface area contributed by atoms with Crippen molar-refractivity contribution < 1.29 is 23.1 Å². The second kappa shape index (κ2) is 4.89. The number of alkyl halides is 3. The van der Waals surface area contributed by atoms with Gasteiger partial charge in [0.15, 0.2) is 0 Å². The number of thiophene rings is 1. The molecule has 1 unspecified atom stereocenters. The number of rotatable bonds is 3. The molecule has 0 bridgehead atoms. The number of carbonyl (C=O) groups is 1. The number of hydrogen-bond acceptors (Lipinski definition) is 3. The molecule has 0 spiro atoms. The van der Waals surface area contributed by atoms with E-state index < -0.39 is 24.6 Å². The normalized spacial score (nSPS) is 18.4. The highest BCUT2D eigenvalue weighted by atomic mass is 32.1. The highest BCUT2D eigenvalue weighted by Gasteiger charge is 2.45. The average Bonchev–Trinajstić information content (AvgIpc) is 2.70. The summed E-state index contributed by atoms with van der Waals surface area (Å²) in [6, 6.07) is -0.0940. The Bertz CT molecular complexity index is 444. The maximum Gasteiger partial charge on any atom is 0.404 e. The molecule has 0 fully saturated rings. The Morgan fingerprint density at radius 3 is 2.89 bits per heavy atom. The van der Waals surface area contributed by atoms with Crippen molar-refractivity contribution >= 4 is 17.3 Å². The minimum Gasteiger partial charge on any atom is -0.481 e. The molecule has 0 aliphatic carbocycles. The molecule has 3 nitrogen and oxygen atoms in total. The first-order chi connectivity index (χ1) is 8.38. The predicted octanol–water partition coefficient (Wildman–Crippen LogP) is 2.51. The molecule has 2 rings (SSSR count). The van der Waals surface area contributed by atoms with Crippen molar-refractivity contribution in [3.8, 4) is 0 Å². The molecule has 0 amide bonds. The van der Waals surface area contributed by atoms with Gasteiger partial charge < -0.3 is 5.11 Å². The van der Waals surface area contributed by atoms with Gasteiger partial charge in [-0.15, -0.1) is 11.3 Å². The number of fused-ring (bicyclic) bond motifs is 1. The molecule has 0 saturated carbocycles. The van der Waals surface area contributed by atoms with Gasteiger partial charge in [0.05, 0.1) is 6.42 Å². The number of carboxylic acid groups (broad SMARTS) is 1. The molecule has 2 heterocycles. The molecule has 100 valence electrons. The van der Waals surface area contributed by atoms with E-state index in [9.17, 15) is 18.0 Å². The number of nitrogens with zero attached hydrogens (tertiary/aromatic N) is 1. The maximum absolute atomic E-state index is 12.9. The van der Waals surface area contributed by atoms with Crippen molar-refractivity contribution in [2.75, 3.05) is 6.54 Å². The van der Waals surface area contributed by atoms with E-state index in [1.54, 1.807) is 6.07 Å². The lowest BCUT2D eigenvalue weighted by molar-refractivity contribution is -0.192. The lowest BCUT2D eigenvalue weighted by Crippen LogP contribution is -2.48. The second-order valence-electron chi connectivity index (χ2n) is 4.24. The van der Waals surface area contributed by atoms with Crippen molar-refractivity contribution in [2.24, 2.45) is 0 Å². The predicted molar refractivity (Wildman–Crippen MR) is 60.5 cm³/mol. The van der Waals surface area contributed by atoms with Gasteiger partial charge in [-0.2, -0.15) is 13.2 Å². The van der Waals surface area contributed by atoms with Crippen molar-refractivity contribution in [1.29, 1.82) is 0 Å². The highest BCUT2D eigenvalue weighted by molar-refractivity contribution is 7.10. The average molecular weight is 279 g/mol. The highest BCUT2D eigenvalue weighted by Crippen LogP contribution is 2.32. The van der Waals surface area contributed by atoms with Crippen molar-refractivity contribution in [3.63, 3.8) is 0 Å². The van der Waals surface area contributed by atoms with Gasteiger partial charge in [0, 0.05) is 18.0 Å². The number of halogens is 3. The Kier molecular flexibility index (Phi) is 3.63. The molecule has 1 aliphatic heterocycles. The summed E-state index contributed by atoms with van der Waals surface area (Å²) in [5.74, 6) is -1.42. The van der Waals surface area contributed by atoms with Gasteiger partial charge in [-0.1, -0.05) is 0 Å². The molecule has 1 N–H and O–H groups in total. The van der Waals surface area contributed by atoms with Gasteiger partial charge in [0.1, 0.15) is 6.04 Å². The molecule has 0 aromatic carbocycles. The summed E-state index contributed by atoms with van der Waals surface area (Å²) in [5.41, 5.74) is 0.880. The van der Waals surface area contributed by atoms with E-state index in [4.69, 9.17) is 5.11 Å². The minimum absolute atomic E-state index is 0.177. The summed E-state index contributed by atoms with van der Waals surface area (Å²) in [5, 5.41) is 10.5. The van der Waals surface area contributed by atoms with Crippen LogP contribution in [0.1, 0.15) is 16.9 Å². The first-order valence-corrected chi connectivity index (χ1v) is 6.33. The Morgan fingerprint density at radius 1 is 1.56 bits per heavy atom. The Labute approximate surface area is 106 Å². The van der Waals surface area contributed by atoms with E-state index in [0.717, 1.165) is 10.4 Å². The molecule has 0 saturated heterocycles. The molecular weight excluding hydrogens is 267 g/mol. The lowest BCUT2D eigenvalue weighted by atomic mass is 10.0. The maximum atomic E-state index is 12.9. The fourth-order valence-corrected chi connectivity index (χ4v) is 3.04. The smallest absolute Gasteiger partial charge is 0.404 e. The quantitative estimate of drug-likeness (QED) is 0.924. The van der Waals surface area contributed by atoms with Crippen molar-refractivity contribution in [2.45, 2.75) is 31.6 Å². The SMILES string of the molecule is O=C(O)CC(N1CCc2sccc2C1)C(F)(F)F. The van der Waals surface area contributed by atoms with Crippen LogP contribution in [0.2, 0.25) is 0 Å². The van der Waals surface area contributed by atoms with Gasteiger partial charge in [-0.05, 0) is 23.4 Å². The van der Waals surface area contributed by atoms with Crippen LogP contribution in [0.4, 0.5) is 13.2 Å². The summed E-state index contributed by atoms with van der Waals surface area (Å²) in [7, 11) is 0. The van der Waals surface area contributed by atoms with Gasteiger partial charge in [0.2, 0.25) is 0 Å². The fraction of sp³-hybridized carbons (Fsp3) is 0.545. The Hall–Kier alpha value is -1.08. The van der Waals surface area contributed by atoms with Crippen molar-refractivity contribution in [1.82, 2.24) is 4.90 Å². The van der Waals surface area contributed by atoms with Gasteiger partial charge in [-0.25, -0.2) is 0 Å². The third-order valence-electron chi connectivity index (χ3n) is 3.02. The Morgan fingerprint density at radius 2 is 2.28 bits per heavy atom. The largest absolute Gasteiger partial charge is 0.481 e. The van der Waals surface area contributed by atoms with Crippen LogP contribution in [0.5, 0.6) is 0 Å². The molecular formula is C11H12F3NO2S. The molecule has 1 atom stereocenters. The van der Waals surface area contributed by atoms with Crippen LogP contribution in [0.25, 0.3) is 0 Å². The van der Waals surface area contributed by atoms with E-state index in [1.165, 1.54) is 16.2 Å². The fourth-order valence-electron chi connectivity index (χ4n) is 2.15. The van der Waals surface area contributed by atoms with E-state index in [2.05, 4.69) is 0 Å². The third-order valence-corrected chi connectivity index (χ3v) is 4.05.